The number of thioether (sulfide) groups is 1. The van der Waals surface area contributed by atoms with E-state index in [1.165, 1.54) is 11.8 Å². The molecule has 0 saturated heterocycles. The molecular weight excluding hydrogens is 356 g/mol. The van der Waals surface area contributed by atoms with Crippen molar-refractivity contribution in [2.24, 2.45) is 5.41 Å². The van der Waals surface area contributed by atoms with Crippen LogP contribution in [0.5, 0.6) is 0 Å². The molecule has 0 unspecified atom stereocenters. The normalized spacial score (nSPS) is 24.7. The highest BCUT2D eigenvalue weighted by Crippen LogP contribution is 2.66. The zero-order valence-electron chi connectivity index (χ0n) is 16.6. The summed E-state index contributed by atoms with van der Waals surface area (Å²) in [4.78, 5) is 17.2. The van der Waals surface area contributed by atoms with Crippen molar-refractivity contribution in [2.75, 3.05) is 11.1 Å². The van der Waals surface area contributed by atoms with Gasteiger partial charge in [0.15, 0.2) is 0 Å². The van der Waals surface area contributed by atoms with E-state index in [1.54, 1.807) is 0 Å². The van der Waals surface area contributed by atoms with Gasteiger partial charge in [0.25, 0.3) is 0 Å². The van der Waals surface area contributed by atoms with E-state index in [0.29, 0.717) is 11.1 Å². The third-order valence-electron chi connectivity index (χ3n) is 6.77. The molecule has 27 heavy (non-hydrogen) atoms. The van der Waals surface area contributed by atoms with Gasteiger partial charge in [-0.15, -0.1) is 5.10 Å². The van der Waals surface area contributed by atoms with Crippen LogP contribution in [0.1, 0.15) is 62.0 Å². The number of fused-ring (bicyclic) bond motifs is 5. The molecule has 1 heterocycles. The van der Waals surface area contributed by atoms with Crippen molar-refractivity contribution in [1.29, 1.82) is 0 Å². The topological polar surface area (TPSA) is 67.8 Å². The average molecular weight is 383 g/mol. The van der Waals surface area contributed by atoms with Crippen molar-refractivity contribution < 1.29 is 4.79 Å². The van der Waals surface area contributed by atoms with E-state index in [2.05, 4.69) is 36.3 Å². The van der Waals surface area contributed by atoms with E-state index in [9.17, 15) is 4.79 Å². The predicted molar refractivity (Wildman–Crippen MR) is 108 cm³/mol. The Morgan fingerprint density at radius 1 is 1.26 bits per heavy atom. The zero-order valence-corrected chi connectivity index (χ0v) is 17.4. The van der Waals surface area contributed by atoms with Crippen LogP contribution in [0.2, 0.25) is 0 Å². The first kappa shape index (κ1) is 18.4. The number of aryl methyl sites for hydroxylation is 2. The van der Waals surface area contributed by atoms with Crippen molar-refractivity contribution in [3.05, 3.63) is 40.7 Å². The van der Waals surface area contributed by atoms with Crippen LogP contribution in [0.15, 0.2) is 23.4 Å². The summed E-state index contributed by atoms with van der Waals surface area (Å²) in [6, 6.07) is 6.05. The number of nitrogens with one attached hydrogen (secondary N) is 1. The average Bonchev–Trinajstić information content (AvgIpc) is 2.95. The van der Waals surface area contributed by atoms with Crippen molar-refractivity contribution >= 4 is 23.4 Å². The molecule has 0 aliphatic heterocycles. The van der Waals surface area contributed by atoms with Gasteiger partial charge < -0.3 is 5.32 Å². The molecule has 0 radical (unpaired) electrons. The fraction of sp³-hybridized carbons (Fsp3) is 0.524. The maximum Gasteiger partial charge on any atom is 0.234 e. The first-order chi connectivity index (χ1) is 12.7. The Morgan fingerprint density at radius 3 is 2.81 bits per heavy atom. The lowest BCUT2D eigenvalue weighted by Crippen LogP contribution is -2.32. The van der Waals surface area contributed by atoms with E-state index in [4.69, 9.17) is 4.98 Å². The molecule has 2 aromatic rings. The number of rotatable bonds is 4. The molecule has 1 fully saturated rings. The van der Waals surface area contributed by atoms with Gasteiger partial charge in [0, 0.05) is 17.0 Å². The molecule has 1 aromatic carbocycles. The SMILES string of the molecule is Cc1ccc(C)c(NC(=O)CSc2nnc3c(n2)[C@@]2(C)CC[C@@H]3C2(C)C)c1. The summed E-state index contributed by atoms with van der Waals surface area (Å²) >= 11 is 1.35. The van der Waals surface area contributed by atoms with Crippen LogP contribution in [-0.4, -0.2) is 26.8 Å². The summed E-state index contributed by atoms with van der Waals surface area (Å²) in [5.74, 6) is 0.673. The van der Waals surface area contributed by atoms with Crippen LogP contribution in [0.4, 0.5) is 5.69 Å². The van der Waals surface area contributed by atoms with Gasteiger partial charge in [-0.2, -0.15) is 5.10 Å². The van der Waals surface area contributed by atoms with Gasteiger partial charge in [0.2, 0.25) is 11.1 Å². The summed E-state index contributed by atoms with van der Waals surface area (Å²) in [6.07, 6.45) is 2.31. The minimum atomic E-state index is -0.0501. The summed E-state index contributed by atoms with van der Waals surface area (Å²) < 4.78 is 0. The molecule has 4 rings (SSSR count). The Bertz CT molecular complexity index is 926. The number of nitrogens with zero attached hydrogens (tertiary/aromatic N) is 3. The highest BCUT2D eigenvalue weighted by atomic mass is 32.2. The van der Waals surface area contributed by atoms with Crippen LogP contribution in [0.3, 0.4) is 0 Å². The van der Waals surface area contributed by atoms with Crippen LogP contribution in [0, 0.1) is 19.3 Å². The summed E-state index contributed by atoms with van der Waals surface area (Å²) in [5.41, 5.74) is 5.43. The van der Waals surface area contributed by atoms with E-state index < -0.39 is 0 Å². The Labute approximate surface area is 164 Å². The summed E-state index contributed by atoms with van der Waals surface area (Å²) in [7, 11) is 0. The first-order valence-electron chi connectivity index (χ1n) is 9.47. The smallest absolute Gasteiger partial charge is 0.234 e. The second-order valence-corrected chi connectivity index (χ2v) is 9.57. The lowest BCUT2D eigenvalue weighted by atomic mass is 9.70. The number of amides is 1. The molecule has 5 nitrogen and oxygen atoms in total. The number of carbonyl (C=O) groups is 1. The van der Waals surface area contributed by atoms with Gasteiger partial charge in [0.05, 0.1) is 17.1 Å². The van der Waals surface area contributed by atoms with Gasteiger partial charge in [-0.3, -0.25) is 4.79 Å². The largest absolute Gasteiger partial charge is 0.325 e. The molecular formula is C21H26N4OS. The summed E-state index contributed by atoms with van der Waals surface area (Å²) in [5, 5.41) is 12.4. The molecule has 0 spiro atoms. The molecule has 1 saturated carbocycles. The minimum absolute atomic E-state index is 0.0501. The number of aromatic nitrogens is 3. The van der Waals surface area contributed by atoms with E-state index in [1.807, 2.05) is 32.0 Å². The second-order valence-electron chi connectivity index (χ2n) is 8.63. The van der Waals surface area contributed by atoms with Gasteiger partial charge in [-0.1, -0.05) is 44.7 Å². The van der Waals surface area contributed by atoms with Gasteiger partial charge in [-0.25, -0.2) is 4.98 Å². The predicted octanol–water partition coefficient (Wildman–Crippen LogP) is 4.39. The van der Waals surface area contributed by atoms with Crippen molar-refractivity contribution in [3.63, 3.8) is 0 Å². The molecule has 1 aromatic heterocycles. The number of hydrogen-bond donors (Lipinski definition) is 1. The van der Waals surface area contributed by atoms with Crippen molar-refractivity contribution in [2.45, 2.75) is 63.9 Å². The third-order valence-corrected chi connectivity index (χ3v) is 7.61. The van der Waals surface area contributed by atoms with Crippen LogP contribution in [0.25, 0.3) is 0 Å². The minimum Gasteiger partial charge on any atom is -0.325 e. The van der Waals surface area contributed by atoms with Crippen molar-refractivity contribution in [1.82, 2.24) is 15.2 Å². The lowest BCUT2D eigenvalue weighted by molar-refractivity contribution is -0.113. The molecule has 2 bridgehead atoms. The first-order valence-corrected chi connectivity index (χ1v) is 10.5. The number of anilines is 1. The maximum absolute atomic E-state index is 12.4. The quantitative estimate of drug-likeness (QED) is 0.794. The maximum atomic E-state index is 12.4. The monoisotopic (exact) mass is 382 g/mol. The van der Waals surface area contributed by atoms with Crippen molar-refractivity contribution in [3.8, 4) is 0 Å². The molecule has 2 aliphatic carbocycles. The molecule has 1 N–H and O–H groups in total. The molecule has 2 atom stereocenters. The Kier molecular flexibility index (Phi) is 4.29. The molecule has 2 aliphatic rings. The molecule has 142 valence electrons. The van der Waals surface area contributed by atoms with E-state index >= 15 is 0 Å². The van der Waals surface area contributed by atoms with E-state index in [0.717, 1.165) is 41.0 Å². The number of hydrogen-bond acceptors (Lipinski definition) is 5. The Hall–Kier alpha value is -1.95. The molecule has 6 heteroatoms. The Balaban J connectivity index is 1.46. The van der Waals surface area contributed by atoms with Crippen LogP contribution in [-0.2, 0) is 10.2 Å². The highest BCUT2D eigenvalue weighted by Gasteiger charge is 2.61. The summed E-state index contributed by atoms with van der Waals surface area (Å²) in [6.45, 7) is 10.9. The van der Waals surface area contributed by atoms with E-state index in [-0.39, 0.29) is 22.5 Å². The van der Waals surface area contributed by atoms with Gasteiger partial charge in [0.1, 0.15) is 0 Å². The fourth-order valence-electron chi connectivity index (χ4n) is 4.61. The molecule has 1 amide bonds. The third kappa shape index (κ3) is 2.85. The van der Waals surface area contributed by atoms with Gasteiger partial charge >= 0.3 is 0 Å². The number of carbonyl (C=O) groups excluding carboxylic acids is 1. The highest BCUT2D eigenvalue weighted by molar-refractivity contribution is 7.99. The van der Waals surface area contributed by atoms with Gasteiger partial charge in [-0.05, 0) is 49.3 Å². The second kappa shape index (κ2) is 6.30. The van der Waals surface area contributed by atoms with Crippen LogP contribution < -0.4 is 5.32 Å². The zero-order chi connectivity index (χ0) is 19.4. The number of benzene rings is 1. The Morgan fingerprint density at radius 2 is 2.04 bits per heavy atom. The fourth-order valence-corrected chi connectivity index (χ4v) is 5.20. The standard InChI is InChI=1S/C21H26N4OS/c1-12-6-7-13(2)15(10-12)22-16(26)11-27-19-23-18-17(24-25-19)14-8-9-21(18,5)20(14,3)4/h6-7,10,14H,8-9,11H2,1-5H3,(H,22,26)/t14-,21+/m0/s1. The van der Waals surface area contributed by atoms with Crippen LogP contribution >= 0.6 is 11.8 Å². The lowest BCUT2D eigenvalue weighted by Gasteiger charge is -2.33.